The van der Waals surface area contributed by atoms with Gasteiger partial charge in [-0.3, -0.25) is 4.79 Å². The molecule has 0 saturated carbocycles. The van der Waals surface area contributed by atoms with Crippen LogP contribution >= 0.6 is 0 Å². The number of carbonyl (C=O) groups is 1. The molecule has 24 heavy (non-hydrogen) atoms. The van der Waals surface area contributed by atoms with E-state index in [9.17, 15) is 4.79 Å². The van der Waals surface area contributed by atoms with Gasteiger partial charge in [-0.2, -0.15) is 0 Å². The van der Waals surface area contributed by atoms with Crippen molar-refractivity contribution in [3.05, 3.63) is 36.2 Å². The third kappa shape index (κ3) is 4.58. The van der Waals surface area contributed by atoms with E-state index in [0.29, 0.717) is 34.6 Å². The summed E-state index contributed by atoms with van der Waals surface area (Å²) in [5.74, 6) is 1.82. The average Bonchev–Trinajstić information content (AvgIpc) is 2.60. The largest absolute Gasteiger partial charge is 0.497 e. The summed E-state index contributed by atoms with van der Waals surface area (Å²) < 4.78 is 10.4. The van der Waals surface area contributed by atoms with Crippen LogP contribution in [0.15, 0.2) is 30.6 Å². The highest BCUT2D eigenvalue weighted by Crippen LogP contribution is 2.29. The fourth-order valence-electron chi connectivity index (χ4n) is 1.94. The molecule has 7 nitrogen and oxygen atoms in total. The number of nitrogens with zero attached hydrogens (tertiary/aromatic N) is 2. The second-order valence-electron chi connectivity index (χ2n) is 5.59. The number of nitrogens with one attached hydrogen (secondary N) is 2. The number of methoxy groups -OCH3 is 2. The van der Waals surface area contributed by atoms with Gasteiger partial charge < -0.3 is 20.1 Å². The molecule has 0 aliphatic heterocycles. The smallest absolute Gasteiger partial charge is 0.258 e. The highest BCUT2D eigenvalue weighted by atomic mass is 16.5. The van der Waals surface area contributed by atoms with Crippen molar-refractivity contribution in [2.45, 2.75) is 13.8 Å². The first-order valence-corrected chi connectivity index (χ1v) is 7.62. The third-order valence-corrected chi connectivity index (χ3v) is 3.24. The molecule has 1 aromatic carbocycles. The molecule has 0 saturated heterocycles. The number of carbonyl (C=O) groups excluding carboxylic acids is 1. The van der Waals surface area contributed by atoms with Gasteiger partial charge >= 0.3 is 0 Å². The van der Waals surface area contributed by atoms with E-state index in [1.165, 1.54) is 19.5 Å². The van der Waals surface area contributed by atoms with Crippen LogP contribution in [0, 0.1) is 5.92 Å². The Kier molecular flexibility index (Phi) is 5.95. The van der Waals surface area contributed by atoms with Gasteiger partial charge in [-0.1, -0.05) is 13.8 Å². The zero-order valence-corrected chi connectivity index (χ0v) is 14.3. The standard InChI is InChI=1S/C17H22N4O3/c1-11(2)8-18-17-19-9-12(10-20-17)16(22)21-14-7-13(23-3)5-6-15(14)24-4/h5-7,9-11H,8H2,1-4H3,(H,21,22)(H,18,19,20). The van der Waals surface area contributed by atoms with Gasteiger partial charge in [-0.15, -0.1) is 0 Å². The summed E-state index contributed by atoms with van der Waals surface area (Å²) >= 11 is 0. The molecule has 1 aromatic heterocycles. The number of aromatic nitrogens is 2. The highest BCUT2D eigenvalue weighted by molar-refractivity contribution is 6.04. The van der Waals surface area contributed by atoms with Crippen molar-refractivity contribution < 1.29 is 14.3 Å². The molecular formula is C17H22N4O3. The van der Waals surface area contributed by atoms with Gasteiger partial charge in [0.25, 0.3) is 5.91 Å². The number of anilines is 2. The Morgan fingerprint density at radius 2 is 1.88 bits per heavy atom. The summed E-state index contributed by atoms with van der Waals surface area (Å²) in [4.78, 5) is 20.7. The van der Waals surface area contributed by atoms with Crippen molar-refractivity contribution in [1.82, 2.24) is 9.97 Å². The summed E-state index contributed by atoms with van der Waals surface area (Å²) in [5.41, 5.74) is 0.874. The van der Waals surface area contributed by atoms with Gasteiger partial charge in [0, 0.05) is 25.0 Å². The molecular weight excluding hydrogens is 308 g/mol. The molecule has 0 radical (unpaired) electrons. The van der Waals surface area contributed by atoms with Crippen molar-refractivity contribution in [2.24, 2.45) is 5.92 Å². The molecule has 0 atom stereocenters. The maximum absolute atomic E-state index is 12.4. The number of amides is 1. The number of rotatable bonds is 7. The predicted molar refractivity (Wildman–Crippen MR) is 92.9 cm³/mol. The first kappa shape index (κ1) is 17.5. The van der Waals surface area contributed by atoms with Crippen molar-refractivity contribution in [3.8, 4) is 11.5 Å². The number of hydrogen-bond donors (Lipinski definition) is 2. The SMILES string of the molecule is COc1ccc(OC)c(NC(=O)c2cnc(NCC(C)C)nc2)c1. The van der Waals surface area contributed by atoms with Gasteiger partial charge in [0.2, 0.25) is 5.95 Å². The maximum atomic E-state index is 12.4. The van der Waals surface area contributed by atoms with Crippen LogP contribution < -0.4 is 20.1 Å². The van der Waals surface area contributed by atoms with Gasteiger partial charge in [0.1, 0.15) is 11.5 Å². The van der Waals surface area contributed by atoms with E-state index < -0.39 is 0 Å². The molecule has 0 spiro atoms. The van der Waals surface area contributed by atoms with Crippen molar-refractivity contribution in [2.75, 3.05) is 31.4 Å². The summed E-state index contributed by atoms with van der Waals surface area (Å²) in [6.07, 6.45) is 2.97. The minimum Gasteiger partial charge on any atom is -0.497 e. The number of hydrogen-bond acceptors (Lipinski definition) is 6. The lowest BCUT2D eigenvalue weighted by Gasteiger charge is -2.12. The van der Waals surface area contributed by atoms with Crippen LogP contribution in [-0.2, 0) is 0 Å². The minimum absolute atomic E-state index is 0.322. The first-order valence-electron chi connectivity index (χ1n) is 7.62. The molecule has 0 fully saturated rings. The fraction of sp³-hybridized carbons (Fsp3) is 0.353. The van der Waals surface area contributed by atoms with Crippen LogP contribution in [0.3, 0.4) is 0 Å². The molecule has 1 heterocycles. The molecule has 0 aliphatic carbocycles. The molecule has 128 valence electrons. The van der Waals surface area contributed by atoms with E-state index in [1.807, 2.05) is 0 Å². The van der Waals surface area contributed by atoms with E-state index in [1.54, 1.807) is 25.3 Å². The normalized spacial score (nSPS) is 10.4. The van der Waals surface area contributed by atoms with Crippen molar-refractivity contribution in [3.63, 3.8) is 0 Å². The fourth-order valence-corrected chi connectivity index (χ4v) is 1.94. The Hall–Kier alpha value is -2.83. The highest BCUT2D eigenvalue weighted by Gasteiger charge is 2.12. The van der Waals surface area contributed by atoms with Gasteiger partial charge in [-0.05, 0) is 18.1 Å². The zero-order chi connectivity index (χ0) is 17.5. The minimum atomic E-state index is -0.322. The molecule has 0 bridgehead atoms. The lowest BCUT2D eigenvalue weighted by molar-refractivity contribution is 0.102. The molecule has 2 N–H and O–H groups in total. The monoisotopic (exact) mass is 330 g/mol. The van der Waals surface area contributed by atoms with Crippen LogP contribution in [0.2, 0.25) is 0 Å². The van der Waals surface area contributed by atoms with Crippen LogP contribution in [0.25, 0.3) is 0 Å². The van der Waals surface area contributed by atoms with E-state index in [4.69, 9.17) is 9.47 Å². The van der Waals surface area contributed by atoms with Crippen LogP contribution in [-0.4, -0.2) is 36.6 Å². The van der Waals surface area contributed by atoms with E-state index in [2.05, 4.69) is 34.4 Å². The number of ether oxygens (including phenoxy) is 2. The van der Waals surface area contributed by atoms with E-state index in [-0.39, 0.29) is 5.91 Å². The lowest BCUT2D eigenvalue weighted by Crippen LogP contribution is -2.15. The number of benzene rings is 1. The maximum Gasteiger partial charge on any atom is 0.258 e. The third-order valence-electron chi connectivity index (χ3n) is 3.24. The summed E-state index contributed by atoms with van der Waals surface area (Å²) in [5, 5.41) is 5.88. The van der Waals surface area contributed by atoms with Crippen LogP contribution in [0.4, 0.5) is 11.6 Å². The molecule has 2 aromatic rings. The molecule has 0 unspecified atom stereocenters. The van der Waals surface area contributed by atoms with E-state index >= 15 is 0 Å². The Labute approximate surface area is 141 Å². The van der Waals surface area contributed by atoms with E-state index in [0.717, 1.165) is 6.54 Å². The summed E-state index contributed by atoms with van der Waals surface area (Å²) in [7, 11) is 3.10. The predicted octanol–water partition coefficient (Wildman–Crippen LogP) is 2.81. The molecule has 0 aliphatic rings. The molecule has 7 heteroatoms. The summed E-state index contributed by atoms with van der Waals surface area (Å²) in [6.45, 7) is 4.96. The Morgan fingerprint density at radius 1 is 1.17 bits per heavy atom. The van der Waals surface area contributed by atoms with Gasteiger partial charge in [0.15, 0.2) is 0 Å². The molecule has 1 amide bonds. The Balaban J connectivity index is 2.09. The zero-order valence-electron chi connectivity index (χ0n) is 14.3. The van der Waals surface area contributed by atoms with Crippen LogP contribution in [0.5, 0.6) is 11.5 Å². The van der Waals surface area contributed by atoms with Gasteiger partial charge in [-0.25, -0.2) is 9.97 Å². The van der Waals surface area contributed by atoms with Crippen LogP contribution in [0.1, 0.15) is 24.2 Å². The topological polar surface area (TPSA) is 85.4 Å². The lowest BCUT2D eigenvalue weighted by atomic mass is 10.2. The second-order valence-corrected chi connectivity index (χ2v) is 5.59. The van der Waals surface area contributed by atoms with Crippen molar-refractivity contribution in [1.29, 1.82) is 0 Å². The average molecular weight is 330 g/mol. The van der Waals surface area contributed by atoms with Gasteiger partial charge in [0.05, 0.1) is 25.5 Å². The quantitative estimate of drug-likeness (QED) is 0.812. The molecule has 2 rings (SSSR count). The second kappa shape index (κ2) is 8.14. The first-order chi connectivity index (χ1) is 11.5. The Bertz CT molecular complexity index is 687. The summed E-state index contributed by atoms with van der Waals surface area (Å²) in [6, 6.07) is 5.17. The van der Waals surface area contributed by atoms with Crippen molar-refractivity contribution >= 4 is 17.5 Å². The Morgan fingerprint density at radius 3 is 2.46 bits per heavy atom.